The van der Waals surface area contributed by atoms with Gasteiger partial charge in [0.05, 0.1) is 17.8 Å². The highest BCUT2D eigenvalue weighted by atomic mass is 16.5. The second kappa shape index (κ2) is 16.9. The van der Waals surface area contributed by atoms with Crippen molar-refractivity contribution in [3.8, 4) is 0 Å². The zero-order chi connectivity index (χ0) is 24.7. The lowest BCUT2D eigenvalue weighted by molar-refractivity contribution is -0.0111. The van der Waals surface area contributed by atoms with Crippen LogP contribution in [-0.4, -0.2) is 34.6 Å². The number of hydrogen-bond donors (Lipinski definition) is 2. The van der Waals surface area contributed by atoms with Crippen LogP contribution >= 0.6 is 0 Å². The van der Waals surface area contributed by atoms with Crippen LogP contribution in [0.2, 0.25) is 0 Å². The van der Waals surface area contributed by atoms with Crippen LogP contribution in [0, 0.1) is 17.8 Å². The number of unbranched alkanes of at least 4 members (excludes halogenated alkanes) is 4. The summed E-state index contributed by atoms with van der Waals surface area (Å²) in [5.74, 6) is 1.34. The monoisotopic (exact) mass is 464 g/mol. The van der Waals surface area contributed by atoms with Crippen molar-refractivity contribution in [2.45, 2.75) is 143 Å². The zero-order valence-electron chi connectivity index (χ0n) is 22.8. The van der Waals surface area contributed by atoms with Crippen LogP contribution in [-0.2, 0) is 4.74 Å². The van der Waals surface area contributed by atoms with E-state index in [2.05, 4.69) is 46.8 Å². The highest BCUT2D eigenvalue weighted by molar-refractivity contribution is 5.20. The Hall–Kier alpha value is -0.640. The average Bonchev–Trinajstić information content (AvgIpc) is 2.76. The van der Waals surface area contributed by atoms with E-state index in [1.165, 1.54) is 37.7 Å². The van der Waals surface area contributed by atoms with Crippen molar-refractivity contribution < 1.29 is 14.9 Å². The highest BCUT2D eigenvalue weighted by Gasteiger charge is 2.34. The summed E-state index contributed by atoms with van der Waals surface area (Å²) in [4.78, 5) is 0. The molecule has 194 valence electrons. The van der Waals surface area contributed by atoms with Crippen LogP contribution in [0.1, 0.15) is 125 Å². The summed E-state index contributed by atoms with van der Waals surface area (Å²) in [5, 5.41) is 21.2. The Morgan fingerprint density at radius 3 is 2.33 bits per heavy atom. The van der Waals surface area contributed by atoms with Crippen molar-refractivity contribution in [1.82, 2.24) is 0 Å². The smallest absolute Gasteiger partial charge is 0.0818 e. The van der Waals surface area contributed by atoms with E-state index in [9.17, 15) is 10.2 Å². The molecule has 0 amide bonds. The summed E-state index contributed by atoms with van der Waals surface area (Å²) in [7, 11) is 0. The van der Waals surface area contributed by atoms with E-state index in [0.717, 1.165) is 63.9 Å². The lowest BCUT2D eigenvalue weighted by Crippen LogP contribution is -2.38. The molecule has 6 unspecified atom stereocenters. The van der Waals surface area contributed by atoms with Gasteiger partial charge in [-0.1, -0.05) is 97.8 Å². The summed E-state index contributed by atoms with van der Waals surface area (Å²) >= 11 is 0. The molecule has 3 nitrogen and oxygen atoms in total. The standard InChI is InChI=1S/C30H56O3/c1-7-9-13-17-24(3)18-16-21-30(6,32)20-15-12-11-14-19-27-23-28(31)25(4)26(5)29(27)33-22-10-8-2/h11,14,23-26,28-29,31-32H,7-10,12-13,15-22H2,1-6H3/b14-11+. The molecular formula is C30H56O3. The first-order valence-electron chi connectivity index (χ1n) is 14.1. The molecule has 0 aromatic heterocycles. The molecule has 0 aliphatic heterocycles. The summed E-state index contributed by atoms with van der Waals surface area (Å²) in [6.07, 6.45) is 20.8. The molecule has 0 aromatic rings. The summed E-state index contributed by atoms with van der Waals surface area (Å²) in [5.41, 5.74) is 0.678. The molecule has 1 aliphatic carbocycles. The van der Waals surface area contributed by atoms with Crippen LogP contribution in [0.3, 0.4) is 0 Å². The van der Waals surface area contributed by atoms with E-state index in [-0.39, 0.29) is 18.1 Å². The number of aliphatic hydroxyl groups is 2. The van der Waals surface area contributed by atoms with Crippen molar-refractivity contribution in [3.63, 3.8) is 0 Å². The number of ether oxygens (including phenoxy) is 1. The second-order valence-corrected chi connectivity index (χ2v) is 11.2. The topological polar surface area (TPSA) is 49.7 Å². The molecule has 3 heteroatoms. The van der Waals surface area contributed by atoms with Gasteiger partial charge in [0.2, 0.25) is 0 Å². The first kappa shape index (κ1) is 30.4. The molecule has 1 rings (SSSR count). The van der Waals surface area contributed by atoms with Crippen molar-refractivity contribution in [2.24, 2.45) is 17.8 Å². The number of aliphatic hydroxyl groups excluding tert-OH is 1. The summed E-state index contributed by atoms with van der Waals surface area (Å²) < 4.78 is 6.23. The maximum atomic E-state index is 10.7. The van der Waals surface area contributed by atoms with Crippen molar-refractivity contribution in [2.75, 3.05) is 6.61 Å². The number of rotatable bonds is 18. The first-order valence-corrected chi connectivity index (χ1v) is 14.1. The summed E-state index contributed by atoms with van der Waals surface area (Å²) in [6, 6.07) is 0. The molecular weight excluding hydrogens is 408 g/mol. The van der Waals surface area contributed by atoms with Gasteiger partial charge in [-0.3, -0.25) is 0 Å². The van der Waals surface area contributed by atoms with Gasteiger partial charge in [0.25, 0.3) is 0 Å². The Labute approximate surface area is 206 Å². The van der Waals surface area contributed by atoms with Crippen molar-refractivity contribution in [1.29, 1.82) is 0 Å². The Bertz CT molecular complexity index is 551. The fourth-order valence-electron chi connectivity index (χ4n) is 4.97. The number of hydrogen-bond acceptors (Lipinski definition) is 3. The Morgan fingerprint density at radius 1 is 0.970 bits per heavy atom. The molecule has 1 aliphatic rings. The molecule has 0 fully saturated rings. The third-order valence-electron chi connectivity index (χ3n) is 7.71. The zero-order valence-corrected chi connectivity index (χ0v) is 22.8. The van der Waals surface area contributed by atoms with E-state index in [1.54, 1.807) is 0 Å². The van der Waals surface area contributed by atoms with E-state index in [1.807, 2.05) is 13.0 Å². The lowest BCUT2D eigenvalue weighted by Gasteiger charge is -2.37. The SMILES string of the molecule is CCCCCC(C)CCCC(C)(O)CCC/C=C/CC1=CC(O)C(C)C(C)C1OCCCC. The molecule has 0 saturated heterocycles. The molecule has 33 heavy (non-hydrogen) atoms. The Morgan fingerprint density at radius 2 is 1.64 bits per heavy atom. The maximum Gasteiger partial charge on any atom is 0.0818 e. The third-order valence-corrected chi connectivity index (χ3v) is 7.71. The molecule has 6 atom stereocenters. The normalized spacial score (nSPS) is 26.4. The highest BCUT2D eigenvalue weighted by Crippen LogP contribution is 2.34. The minimum absolute atomic E-state index is 0.115. The minimum Gasteiger partial charge on any atom is -0.390 e. The first-order chi connectivity index (χ1) is 15.7. The van der Waals surface area contributed by atoms with Gasteiger partial charge in [0.15, 0.2) is 0 Å². The number of allylic oxidation sites excluding steroid dienone is 2. The average molecular weight is 465 g/mol. The van der Waals surface area contributed by atoms with E-state index >= 15 is 0 Å². The molecule has 0 aromatic carbocycles. The van der Waals surface area contributed by atoms with Crippen LogP contribution in [0.25, 0.3) is 0 Å². The minimum atomic E-state index is -0.545. The van der Waals surface area contributed by atoms with Crippen LogP contribution in [0.4, 0.5) is 0 Å². The van der Waals surface area contributed by atoms with Crippen molar-refractivity contribution >= 4 is 0 Å². The van der Waals surface area contributed by atoms with Crippen LogP contribution < -0.4 is 0 Å². The second-order valence-electron chi connectivity index (χ2n) is 11.2. The summed E-state index contributed by atoms with van der Waals surface area (Å²) in [6.45, 7) is 13.9. The van der Waals surface area contributed by atoms with Gasteiger partial charge in [-0.15, -0.1) is 0 Å². The van der Waals surface area contributed by atoms with Crippen LogP contribution in [0.15, 0.2) is 23.8 Å². The van der Waals surface area contributed by atoms with Gasteiger partial charge >= 0.3 is 0 Å². The fraction of sp³-hybridized carbons (Fsp3) is 0.867. The predicted molar refractivity (Wildman–Crippen MR) is 142 cm³/mol. The fourth-order valence-corrected chi connectivity index (χ4v) is 4.97. The molecule has 0 spiro atoms. The van der Waals surface area contributed by atoms with Crippen LogP contribution in [0.5, 0.6) is 0 Å². The van der Waals surface area contributed by atoms with Gasteiger partial charge in [-0.2, -0.15) is 0 Å². The molecule has 0 heterocycles. The predicted octanol–water partition coefficient (Wildman–Crippen LogP) is 8.00. The lowest BCUT2D eigenvalue weighted by atomic mass is 9.77. The molecule has 0 saturated carbocycles. The van der Waals surface area contributed by atoms with Gasteiger partial charge in [0.1, 0.15) is 0 Å². The van der Waals surface area contributed by atoms with Gasteiger partial charge in [-0.25, -0.2) is 0 Å². The van der Waals surface area contributed by atoms with E-state index in [4.69, 9.17) is 4.74 Å². The van der Waals surface area contributed by atoms with E-state index in [0.29, 0.717) is 5.92 Å². The van der Waals surface area contributed by atoms with Gasteiger partial charge in [-0.05, 0) is 68.8 Å². The largest absolute Gasteiger partial charge is 0.390 e. The van der Waals surface area contributed by atoms with Gasteiger partial charge < -0.3 is 14.9 Å². The Balaban J connectivity index is 2.35. The van der Waals surface area contributed by atoms with Crippen molar-refractivity contribution in [3.05, 3.63) is 23.8 Å². The molecule has 0 radical (unpaired) electrons. The Kier molecular flexibility index (Phi) is 15.6. The van der Waals surface area contributed by atoms with Gasteiger partial charge in [0, 0.05) is 6.61 Å². The third kappa shape index (κ3) is 12.6. The quantitative estimate of drug-likeness (QED) is 0.160. The molecule has 2 N–H and O–H groups in total. The van der Waals surface area contributed by atoms with E-state index < -0.39 is 5.60 Å². The molecule has 0 bridgehead atoms. The maximum absolute atomic E-state index is 10.7.